The SMILES string of the molecule is CCc1cnc(C(C)Nc2nc[nH]c(=O)c2Cl)s1. The molecule has 2 aromatic rings. The van der Waals surface area contributed by atoms with Crippen molar-refractivity contribution in [1.82, 2.24) is 15.0 Å². The van der Waals surface area contributed by atoms with Crippen LogP contribution in [0.25, 0.3) is 0 Å². The molecule has 0 saturated heterocycles. The van der Waals surface area contributed by atoms with Gasteiger partial charge in [0.1, 0.15) is 10.0 Å². The number of halogens is 1. The monoisotopic (exact) mass is 284 g/mol. The molecule has 0 aliphatic carbocycles. The summed E-state index contributed by atoms with van der Waals surface area (Å²) >= 11 is 7.51. The van der Waals surface area contributed by atoms with Crippen LogP contribution in [0.4, 0.5) is 5.82 Å². The number of nitrogens with one attached hydrogen (secondary N) is 2. The molecule has 5 nitrogen and oxygen atoms in total. The topological polar surface area (TPSA) is 70.7 Å². The van der Waals surface area contributed by atoms with Crippen molar-refractivity contribution in [3.05, 3.63) is 37.8 Å². The van der Waals surface area contributed by atoms with Gasteiger partial charge < -0.3 is 10.3 Å². The first-order chi connectivity index (χ1) is 8.61. The summed E-state index contributed by atoms with van der Waals surface area (Å²) in [5, 5.41) is 4.10. The molecule has 2 N–H and O–H groups in total. The molecule has 0 radical (unpaired) electrons. The molecule has 0 aliphatic rings. The Bertz CT molecular complexity index is 595. The summed E-state index contributed by atoms with van der Waals surface area (Å²) in [6.07, 6.45) is 4.15. The van der Waals surface area contributed by atoms with Gasteiger partial charge in [0.25, 0.3) is 5.56 Å². The van der Waals surface area contributed by atoms with Gasteiger partial charge in [0.05, 0.1) is 12.4 Å². The van der Waals surface area contributed by atoms with E-state index in [4.69, 9.17) is 11.6 Å². The number of aromatic nitrogens is 3. The van der Waals surface area contributed by atoms with E-state index < -0.39 is 0 Å². The minimum Gasteiger partial charge on any atom is -0.360 e. The van der Waals surface area contributed by atoms with Gasteiger partial charge in [0.2, 0.25) is 0 Å². The Balaban J connectivity index is 2.18. The summed E-state index contributed by atoms with van der Waals surface area (Å²) < 4.78 is 0. The molecule has 0 fully saturated rings. The number of anilines is 1. The highest BCUT2D eigenvalue weighted by atomic mass is 35.5. The average Bonchev–Trinajstić information content (AvgIpc) is 2.83. The third-order valence-corrected chi connectivity index (χ3v) is 4.12. The van der Waals surface area contributed by atoms with Crippen LogP contribution in [0.2, 0.25) is 5.02 Å². The van der Waals surface area contributed by atoms with Gasteiger partial charge >= 0.3 is 0 Å². The van der Waals surface area contributed by atoms with E-state index in [1.807, 2.05) is 13.1 Å². The fraction of sp³-hybridized carbons (Fsp3) is 0.364. The van der Waals surface area contributed by atoms with Crippen molar-refractivity contribution in [2.45, 2.75) is 26.3 Å². The van der Waals surface area contributed by atoms with Crippen LogP contribution in [0.5, 0.6) is 0 Å². The van der Waals surface area contributed by atoms with Crippen LogP contribution in [-0.2, 0) is 6.42 Å². The Labute approximate surface area is 113 Å². The van der Waals surface area contributed by atoms with Crippen molar-refractivity contribution in [2.24, 2.45) is 0 Å². The molecule has 1 unspecified atom stereocenters. The zero-order chi connectivity index (χ0) is 13.1. The molecule has 96 valence electrons. The van der Waals surface area contributed by atoms with Crippen molar-refractivity contribution < 1.29 is 0 Å². The predicted octanol–water partition coefficient (Wildman–Crippen LogP) is 2.62. The zero-order valence-corrected chi connectivity index (χ0v) is 11.6. The van der Waals surface area contributed by atoms with Crippen LogP contribution < -0.4 is 10.9 Å². The van der Waals surface area contributed by atoms with Crippen LogP contribution >= 0.6 is 22.9 Å². The van der Waals surface area contributed by atoms with Gasteiger partial charge in [-0.2, -0.15) is 0 Å². The quantitative estimate of drug-likeness (QED) is 0.905. The average molecular weight is 285 g/mol. The van der Waals surface area contributed by atoms with Gasteiger partial charge in [0.15, 0.2) is 5.82 Å². The summed E-state index contributed by atoms with van der Waals surface area (Å²) in [6, 6.07) is -0.0397. The maximum atomic E-state index is 11.3. The van der Waals surface area contributed by atoms with E-state index in [1.54, 1.807) is 11.3 Å². The Kier molecular flexibility index (Phi) is 3.98. The second-order valence-corrected chi connectivity index (χ2v) is 5.30. The first-order valence-electron chi connectivity index (χ1n) is 5.56. The van der Waals surface area contributed by atoms with Gasteiger partial charge in [0, 0.05) is 11.1 Å². The van der Waals surface area contributed by atoms with E-state index in [0.29, 0.717) is 5.82 Å². The minimum atomic E-state index is -0.352. The van der Waals surface area contributed by atoms with Crippen LogP contribution in [-0.4, -0.2) is 15.0 Å². The second kappa shape index (κ2) is 5.49. The molecule has 0 aromatic carbocycles. The van der Waals surface area contributed by atoms with E-state index in [9.17, 15) is 4.79 Å². The van der Waals surface area contributed by atoms with Gasteiger partial charge in [-0.1, -0.05) is 18.5 Å². The lowest BCUT2D eigenvalue weighted by Crippen LogP contribution is -2.14. The number of H-pyrrole nitrogens is 1. The highest BCUT2D eigenvalue weighted by molar-refractivity contribution is 7.11. The standard InChI is InChI=1S/C11H13ClN4OS/c1-3-7-4-13-11(18-7)6(2)16-9-8(12)10(17)15-5-14-9/h4-6H,3H2,1-2H3,(H2,14,15,16,17). The van der Waals surface area contributed by atoms with Gasteiger partial charge in [-0.15, -0.1) is 11.3 Å². The van der Waals surface area contributed by atoms with Crippen molar-refractivity contribution in [1.29, 1.82) is 0 Å². The Morgan fingerprint density at radius 3 is 3.00 bits per heavy atom. The van der Waals surface area contributed by atoms with Crippen molar-refractivity contribution in [3.8, 4) is 0 Å². The molecule has 2 aromatic heterocycles. The van der Waals surface area contributed by atoms with Gasteiger partial charge in [-0.25, -0.2) is 9.97 Å². The molecule has 0 saturated carbocycles. The maximum Gasteiger partial charge on any atom is 0.271 e. The molecule has 2 rings (SSSR count). The molecular weight excluding hydrogens is 272 g/mol. The van der Waals surface area contributed by atoms with E-state index in [2.05, 4.69) is 27.2 Å². The highest BCUT2D eigenvalue weighted by Gasteiger charge is 2.13. The van der Waals surface area contributed by atoms with E-state index in [1.165, 1.54) is 11.2 Å². The van der Waals surface area contributed by atoms with Gasteiger partial charge in [-0.05, 0) is 13.3 Å². The zero-order valence-electron chi connectivity index (χ0n) is 10.0. The largest absolute Gasteiger partial charge is 0.360 e. The van der Waals surface area contributed by atoms with E-state index in [-0.39, 0.29) is 16.6 Å². The third kappa shape index (κ3) is 2.70. The molecule has 1 atom stereocenters. The molecule has 0 amide bonds. The highest BCUT2D eigenvalue weighted by Crippen LogP contribution is 2.24. The van der Waals surface area contributed by atoms with Crippen LogP contribution in [0.3, 0.4) is 0 Å². The minimum absolute atomic E-state index is 0.0397. The number of rotatable bonds is 4. The summed E-state index contributed by atoms with van der Waals surface area (Å²) in [5.41, 5.74) is -0.352. The molecule has 18 heavy (non-hydrogen) atoms. The number of nitrogens with zero attached hydrogens (tertiary/aromatic N) is 2. The van der Waals surface area contributed by atoms with Crippen LogP contribution in [0.1, 0.15) is 29.8 Å². The molecular formula is C11H13ClN4OS. The summed E-state index contributed by atoms with van der Waals surface area (Å²) in [7, 11) is 0. The summed E-state index contributed by atoms with van der Waals surface area (Å²) in [4.78, 5) is 23.3. The number of aryl methyl sites for hydroxylation is 1. The number of hydrogen-bond donors (Lipinski definition) is 2. The number of hydrogen-bond acceptors (Lipinski definition) is 5. The van der Waals surface area contributed by atoms with Crippen LogP contribution in [0.15, 0.2) is 17.3 Å². The Morgan fingerprint density at radius 1 is 1.56 bits per heavy atom. The lowest BCUT2D eigenvalue weighted by atomic mass is 10.3. The number of aromatic amines is 1. The lowest BCUT2D eigenvalue weighted by Gasteiger charge is -2.12. The fourth-order valence-electron chi connectivity index (χ4n) is 1.44. The predicted molar refractivity (Wildman–Crippen MR) is 73.4 cm³/mol. The first-order valence-corrected chi connectivity index (χ1v) is 6.75. The summed E-state index contributed by atoms with van der Waals surface area (Å²) in [5.74, 6) is 0.376. The number of thiazole rings is 1. The molecule has 0 bridgehead atoms. The van der Waals surface area contributed by atoms with E-state index >= 15 is 0 Å². The molecule has 0 spiro atoms. The lowest BCUT2D eigenvalue weighted by molar-refractivity contribution is 0.857. The smallest absolute Gasteiger partial charge is 0.271 e. The Hall–Kier alpha value is -1.40. The van der Waals surface area contributed by atoms with E-state index in [0.717, 1.165) is 11.4 Å². The van der Waals surface area contributed by atoms with Crippen molar-refractivity contribution in [3.63, 3.8) is 0 Å². The first kappa shape index (κ1) is 13.0. The molecule has 0 aliphatic heterocycles. The maximum absolute atomic E-state index is 11.3. The Morgan fingerprint density at radius 2 is 2.33 bits per heavy atom. The van der Waals surface area contributed by atoms with Crippen molar-refractivity contribution >= 4 is 28.8 Å². The molecule has 2 heterocycles. The van der Waals surface area contributed by atoms with Crippen LogP contribution in [0, 0.1) is 0 Å². The third-order valence-electron chi connectivity index (χ3n) is 2.44. The normalized spacial score (nSPS) is 12.4. The van der Waals surface area contributed by atoms with Gasteiger partial charge in [-0.3, -0.25) is 4.79 Å². The van der Waals surface area contributed by atoms with Crippen molar-refractivity contribution in [2.75, 3.05) is 5.32 Å². The fourth-order valence-corrected chi connectivity index (χ4v) is 2.45. The second-order valence-electron chi connectivity index (χ2n) is 3.78. The summed E-state index contributed by atoms with van der Waals surface area (Å²) in [6.45, 7) is 4.04. The molecule has 7 heteroatoms.